The minimum atomic E-state index is -4.77. The lowest BCUT2D eigenvalue weighted by molar-refractivity contribution is -0.384. The van der Waals surface area contributed by atoms with Crippen LogP contribution in [0.25, 0.3) is 16.5 Å². The molecule has 1 aliphatic carbocycles. The zero-order chi connectivity index (χ0) is 42.7. The van der Waals surface area contributed by atoms with E-state index in [0.717, 1.165) is 49.6 Å². The Hall–Kier alpha value is -5.41. The highest BCUT2D eigenvalue weighted by atomic mass is 35.5. The number of nitrogens with one attached hydrogen (secondary N) is 3. The summed E-state index contributed by atoms with van der Waals surface area (Å²) in [5.41, 5.74) is 4.96. The molecule has 1 atom stereocenters. The number of H-pyrrole nitrogens is 1. The molecule has 5 aromatic rings. The molecule has 4 aromatic carbocycles. The van der Waals surface area contributed by atoms with Gasteiger partial charge in [0.05, 0.1) is 17.2 Å². The number of hydrogen-bond donors (Lipinski definition) is 3. The molecular weight excluding hydrogens is 816 g/mol. The van der Waals surface area contributed by atoms with Crippen LogP contribution in [0.3, 0.4) is 0 Å². The maximum atomic E-state index is 14.5. The van der Waals surface area contributed by atoms with Crippen molar-refractivity contribution in [2.75, 3.05) is 62.7 Å². The van der Waals surface area contributed by atoms with E-state index in [4.69, 9.17) is 21.1 Å². The van der Waals surface area contributed by atoms with Crippen molar-refractivity contribution >= 4 is 61.1 Å². The number of nitro groups is 1. The van der Waals surface area contributed by atoms with Crippen molar-refractivity contribution in [3.8, 4) is 11.5 Å². The lowest BCUT2D eigenvalue weighted by Crippen LogP contribution is -2.47. The number of fused-ring (bicyclic) bond motifs is 1. The molecule has 13 nitrogen and oxygen atoms in total. The number of sulfonamides is 1. The Bertz CT molecular complexity index is 2550. The van der Waals surface area contributed by atoms with Crippen molar-refractivity contribution in [2.45, 2.75) is 50.8 Å². The highest BCUT2D eigenvalue weighted by Crippen LogP contribution is 2.49. The third-order valence-electron chi connectivity index (χ3n) is 12.0. The molecule has 1 amide bonds. The molecule has 0 bridgehead atoms. The van der Waals surface area contributed by atoms with Crippen molar-refractivity contribution in [1.29, 1.82) is 0 Å². The summed E-state index contributed by atoms with van der Waals surface area (Å²) in [5, 5.41) is 18.3. The molecular formula is C46H51ClN6O7S. The van der Waals surface area contributed by atoms with Gasteiger partial charge in [-0.2, -0.15) is 0 Å². The lowest BCUT2D eigenvalue weighted by atomic mass is 9.72. The second kappa shape index (κ2) is 17.9. The Morgan fingerprint density at radius 2 is 1.80 bits per heavy atom. The van der Waals surface area contributed by atoms with Gasteiger partial charge in [-0.1, -0.05) is 61.4 Å². The number of halogens is 1. The monoisotopic (exact) mass is 866 g/mol. The van der Waals surface area contributed by atoms with E-state index in [1.807, 2.05) is 23.1 Å². The first-order chi connectivity index (χ1) is 29.3. The predicted molar refractivity (Wildman–Crippen MR) is 239 cm³/mol. The van der Waals surface area contributed by atoms with E-state index in [1.165, 1.54) is 34.9 Å². The van der Waals surface area contributed by atoms with Crippen LogP contribution in [0.4, 0.5) is 17.1 Å². The Balaban J connectivity index is 1.18. The van der Waals surface area contributed by atoms with Crippen LogP contribution in [0.1, 0.15) is 61.9 Å². The van der Waals surface area contributed by atoms with Crippen molar-refractivity contribution in [3.05, 3.63) is 123 Å². The smallest absolute Gasteiger partial charge is 0.338 e. The second-order valence-electron chi connectivity index (χ2n) is 17.0. The van der Waals surface area contributed by atoms with Crippen molar-refractivity contribution in [2.24, 2.45) is 11.3 Å². The van der Waals surface area contributed by atoms with Crippen LogP contribution in [-0.2, 0) is 14.8 Å². The molecule has 3 N–H and O–H groups in total. The SMILES string of the molecule is CC1(C)CCC(CN2CCN(c3cc(S(=O)(=O)NC(=O)c4ccccc4)c(Oc4ccc5[nH]ccc5c4)c([N+](=O)[O-])c3NCC3CCCOC3)CC2)=C(c2ccc(Cl)cc2)C1. The zero-order valence-corrected chi connectivity index (χ0v) is 36.0. The van der Waals surface area contributed by atoms with E-state index in [2.05, 4.69) is 45.9 Å². The first kappa shape index (κ1) is 42.3. The van der Waals surface area contributed by atoms with Gasteiger partial charge in [-0.25, -0.2) is 13.1 Å². The van der Waals surface area contributed by atoms with Gasteiger partial charge in [0.15, 0.2) is 0 Å². The molecule has 61 heavy (non-hydrogen) atoms. The third-order valence-corrected chi connectivity index (χ3v) is 13.6. The van der Waals surface area contributed by atoms with Gasteiger partial charge < -0.3 is 24.7 Å². The van der Waals surface area contributed by atoms with Gasteiger partial charge in [0.1, 0.15) is 16.3 Å². The highest BCUT2D eigenvalue weighted by molar-refractivity contribution is 7.90. The quantitative estimate of drug-likeness (QED) is 0.0769. The summed E-state index contributed by atoms with van der Waals surface area (Å²) in [6.45, 7) is 9.10. The number of nitrogens with zero attached hydrogens (tertiary/aromatic N) is 3. The Morgan fingerprint density at radius 1 is 1.03 bits per heavy atom. The normalized spacial score (nSPS) is 18.5. The number of nitro benzene ring substituents is 1. The Morgan fingerprint density at radius 3 is 2.52 bits per heavy atom. The summed E-state index contributed by atoms with van der Waals surface area (Å²) in [4.78, 5) is 33.2. The Labute approximate surface area is 361 Å². The number of carbonyl (C=O) groups excluding carboxylic acids is 1. The van der Waals surface area contributed by atoms with Gasteiger partial charge in [0.2, 0.25) is 5.75 Å². The van der Waals surface area contributed by atoms with E-state index in [9.17, 15) is 23.3 Å². The molecule has 0 spiro atoms. The first-order valence-electron chi connectivity index (χ1n) is 20.8. The number of carbonyl (C=O) groups is 1. The van der Waals surface area contributed by atoms with Crippen molar-refractivity contribution in [1.82, 2.24) is 14.6 Å². The number of anilines is 2. The van der Waals surface area contributed by atoms with Gasteiger partial charge in [-0.15, -0.1) is 0 Å². The number of allylic oxidation sites excluding steroid dienone is 1. The molecule has 2 aliphatic heterocycles. The molecule has 320 valence electrons. The fourth-order valence-electron chi connectivity index (χ4n) is 8.64. The number of amides is 1. The number of benzene rings is 4. The van der Waals surface area contributed by atoms with E-state index in [1.54, 1.807) is 42.6 Å². The molecule has 15 heteroatoms. The Kier molecular flexibility index (Phi) is 12.4. The number of ether oxygens (including phenoxy) is 2. The maximum absolute atomic E-state index is 14.5. The molecule has 1 aromatic heterocycles. The van der Waals surface area contributed by atoms with E-state index in [-0.39, 0.29) is 28.3 Å². The van der Waals surface area contributed by atoms with E-state index < -0.39 is 37.2 Å². The van der Waals surface area contributed by atoms with Crippen LogP contribution in [0.2, 0.25) is 5.02 Å². The predicted octanol–water partition coefficient (Wildman–Crippen LogP) is 9.26. The topological polar surface area (TPSA) is 159 Å². The van der Waals surface area contributed by atoms with Crippen LogP contribution < -0.4 is 19.7 Å². The molecule has 0 saturated carbocycles. The maximum Gasteiger partial charge on any atom is 0.338 e. The van der Waals surface area contributed by atoms with Crippen LogP contribution in [0.15, 0.2) is 102 Å². The summed E-state index contributed by atoms with van der Waals surface area (Å²) in [7, 11) is -4.77. The molecule has 1 unspecified atom stereocenters. The molecule has 8 rings (SSSR count). The summed E-state index contributed by atoms with van der Waals surface area (Å²) in [6, 6.07) is 24.3. The molecule has 0 radical (unpaired) electrons. The molecule has 3 aliphatic rings. The van der Waals surface area contributed by atoms with Crippen molar-refractivity contribution < 1.29 is 27.6 Å². The van der Waals surface area contributed by atoms with E-state index >= 15 is 0 Å². The minimum absolute atomic E-state index is 0.0792. The van der Waals surface area contributed by atoms with Gasteiger partial charge in [-0.05, 0) is 109 Å². The minimum Gasteiger partial charge on any atom is -0.449 e. The standard InChI is InChI=1S/C46H51ClN6O7S/c1-46(2)18-16-35(38(27-46)32-10-12-36(47)13-11-32)29-51-20-22-52(23-21-51)40-26-41(61(57,58)50-45(54)33-8-4-3-5-9-33)44(60-37-14-15-39-34(25-37)17-19-48-39)43(53(55)56)42(40)49-28-31-7-6-24-59-30-31/h3-5,8-15,17,19,25-26,31,48-49H,6-7,16,18,20-24,27-30H2,1-2H3,(H,50,54). The number of rotatable bonds is 13. The van der Waals surface area contributed by atoms with Crippen LogP contribution in [-0.4, -0.2) is 81.6 Å². The number of aromatic nitrogens is 1. The van der Waals surface area contributed by atoms with Crippen LogP contribution in [0, 0.1) is 21.4 Å². The number of hydrogen-bond acceptors (Lipinski definition) is 10. The van der Waals surface area contributed by atoms with Gasteiger partial charge in [0, 0.05) is 73.6 Å². The van der Waals surface area contributed by atoms with Crippen molar-refractivity contribution in [3.63, 3.8) is 0 Å². The zero-order valence-electron chi connectivity index (χ0n) is 34.4. The number of aromatic amines is 1. The summed E-state index contributed by atoms with van der Waals surface area (Å²) in [6.07, 6.45) is 6.51. The van der Waals surface area contributed by atoms with Crippen LogP contribution >= 0.6 is 11.6 Å². The van der Waals surface area contributed by atoms with Gasteiger partial charge in [0.25, 0.3) is 15.9 Å². The summed E-state index contributed by atoms with van der Waals surface area (Å²) >= 11 is 6.27. The fraction of sp³-hybridized carbons (Fsp3) is 0.370. The molecule has 2 fully saturated rings. The van der Waals surface area contributed by atoms with Gasteiger partial charge >= 0.3 is 5.69 Å². The second-order valence-corrected chi connectivity index (χ2v) is 19.1. The fourth-order valence-corrected chi connectivity index (χ4v) is 9.89. The average molecular weight is 867 g/mol. The van der Waals surface area contributed by atoms with Crippen LogP contribution in [0.5, 0.6) is 11.5 Å². The summed E-state index contributed by atoms with van der Waals surface area (Å²) < 4.78 is 43.2. The van der Waals surface area contributed by atoms with E-state index in [0.29, 0.717) is 56.6 Å². The average Bonchev–Trinajstić information content (AvgIpc) is 3.72. The number of piperazine rings is 1. The summed E-state index contributed by atoms with van der Waals surface area (Å²) in [5.74, 6) is -1.11. The van der Waals surface area contributed by atoms with Gasteiger partial charge in [-0.3, -0.25) is 19.8 Å². The first-order valence-corrected chi connectivity index (χ1v) is 22.7. The third kappa shape index (κ3) is 9.73. The lowest BCUT2D eigenvalue weighted by Gasteiger charge is -2.40. The molecule has 2 saturated heterocycles. The molecule has 3 heterocycles. The highest BCUT2D eigenvalue weighted by Gasteiger charge is 2.38. The largest absolute Gasteiger partial charge is 0.449 e.